The van der Waals surface area contributed by atoms with E-state index < -0.39 is 0 Å². The lowest BCUT2D eigenvalue weighted by Crippen LogP contribution is -2.00. The number of fused-ring (bicyclic) bond motifs is 7. The van der Waals surface area contributed by atoms with Crippen LogP contribution in [0.3, 0.4) is 0 Å². The van der Waals surface area contributed by atoms with E-state index in [4.69, 9.17) is 19.4 Å². The Morgan fingerprint density at radius 2 is 0.758 bits per heavy atom. The fraction of sp³-hybridized carbons (Fsp3) is 0. The Morgan fingerprint density at radius 3 is 1.35 bits per heavy atom. The second-order valence-electron chi connectivity index (χ2n) is 15.6. The van der Waals surface area contributed by atoms with Gasteiger partial charge in [0.15, 0.2) is 23.1 Å². The van der Waals surface area contributed by atoms with Gasteiger partial charge in [0.1, 0.15) is 5.58 Å². The monoisotopic (exact) mass is 792 g/mol. The molecule has 0 radical (unpaired) electrons. The average Bonchev–Trinajstić information content (AvgIpc) is 3.90. The maximum Gasteiger partial charge on any atom is 0.164 e. The number of nitrogens with zero attached hydrogens (tertiary/aromatic N) is 4. The van der Waals surface area contributed by atoms with Gasteiger partial charge in [0.05, 0.1) is 11.0 Å². The summed E-state index contributed by atoms with van der Waals surface area (Å²) < 4.78 is 9.20. The van der Waals surface area contributed by atoms with E-state index in [0.717, 1.165) is 83.0 Å². The molecule has 0 N–H and O–H groups in total. The topological polar surface area (TPSA) is 56.7 Å². The molecule has 0 fully saturated rings. The van der Waals surface area contributed by atoms with Crippen LogP contribution >= 0.6 is 0 Å². The first-order chi connectivity index (χ1) is 30.7. The molecule has 0 saturated carbocycles. The summed E-state index contributed by atoms with van der Waals surface area (Å²) in [7, 11) is 0. The molecule has 12 aromatic rings. The molecular weight excluding hydrogens is 757 g/mol. The molecule has 3 aromatic heterocycles. The Kier molecular flexibility index (Phi) is 8.42. The fourth-order valence-corrected chi connectivity index (χ4v) is 8.82. The zero-order chi connectivity index (χ0) is 41.0. The molecule has 0 aliphatic heterocycles. The highest BCUT2D eigenvalue weighted by molar-refractivity contribution is 6.21. The summed E-state index contributed by atoms with van der Waals surface area (Å²) in [6, 6.07) is 76.2. The van der Waals surface area contributed by atoms with Crippen LogP contribution in [0.15, 0.2) is 223 Å². The zero-order valence-electron chi connectivity index (χ0n) is 33.5. The number of benzene rings is 9. The number of para-hydroxylation sites is 1. The van der Waals surface area contributed by atoms with E-state index in [2.05, 4.69) is 205 Å². The van der Waals surface area contributed by atoms with Crippen LogP contribution in [0.5, 0.6) is 0 Å². The number of rotatable bonds is 7. The molecule has 0 bridgehead atoms. The predicted octanol–water partition coefficient (Wildman–Crippen LogP) is 14.9. The predicted molar refractivity (Wildman–Crippen MR) is 254 cm³/mol. The minimum atomic E-state index is 0.588. The normalized spacial score (nSPS) is 11.5. The third-order valence-corrected chi connectivity index (χ3v) is 11.9. The van der Waals surface area contributed by atoms with Crippen molar-refractivity contribution in [3.05, 3.63) is 218 Å². The molecule has 0 aliphatic rings. The Morgan fingerprint density at radius 1 is 0.306 bits per heavy atom. The highest BCUT2D eigenvalue weighted by atomic mass is 16.3. The average molecular weight is 793 g/mol. The van der Waals surface area contributed by atoms with Crippen molar-refractivity contribution in [3.8, 4) is 73.2 Å². The summed E-state index contributed by atoms with van der Waals surface area (Å²) in [5.74, 6) is 1.80. The van der Waals surface area contributed by atoms with Crippen LogP contribution in [0, 0.1) is 0 Å². The first kappa shape index (κ1) is 35.5. The van der Waals surface area contributed by atoms with E-state index in [9.17, 15) is 0 Å². The third-order valence-electron chi connectivity index (χ3n) is 11.9. The standard InChI is InChI=1S/C57H36N4O/c1-4-14-37(15-5-1)40-26-29-46(30-27-40)61-51-25-11-10-24-47(51)48-31-32-49-50-36-45(28-33-52(50)62-54(49)53(48)61)57-59-55(43-22-12-20-41(34-43)38-16-6-2-7-17-38)58-56(60-57)44-23-13-21-42(35-44)39-18-8-3-9-19-39/h1-36H. The van der Waals surface area contributed by atoms with Crippen molar-refractivity contribution >= 4 is 43.7 Å². The van der Waals surface area contributed by atoms with Crippen molar-refractivity contribution in [1.29, 1.82) is 0 Å². The molecule has 290 valence electrons. The lowest BCUT2D eigenvalue weighted by Gasteiger charge is -2.11. The van der Waals surface area contributed by atoms with E-state index in [1.54, 1.807) is 0 Å². The molecule has 9 aromatic carbocycles. The number of hydrogen-bond acceptors (Lipinski definition) is 4. The molecule has 0 unspecified atom stereocenters. The van der Waals surface area contributed by atoms with Gasteiger partial charge >= 0.3 is 0 Å². The maximum atomic E-state index is 6.86. The molecule has 62 heavy (non-hydrogen) atoms. The summed E-state index contributed by atoms with van der Waals surface area (Å²) in [6.07, 6.45) is 0. The SMILES string of the molecule is c1ccc(-c2ccc(-n3c4ccccc4c4ccc5c6cc(-c7nc(-c8cccc(-c9ccccc9)c8)nc(-c8cccc(-c9ccccc9)c8)n7)ccc6oc5c43)cc2)cc1. The van der Waals surface area contributed by atoms with Crippen LogP contribution in [-0.2, 0) is 0 Å². The van der Waals surface area contributed by atoms with Crippen LogP contribution < -0.4 is 0 Å². The van der Waals surface area contributed by atoms with Gasteiger partial charge in [-0.15, -0.1) is 0 Å². The van der Waals surface area contributed by atoms with Gasteiger partial charge < -0.3 is 8.98 Å². The Labute approximate surface area is 357 Å². The van der Waals surface area contributed by atoms with Gasteiger partial charge in [0.25, 0.3) is 0 Å². The van der Waals surface area contributed by atoms with Crippen molar-refractivity contribution < 1.29 is 4.42 Å². The molecule has 12 rings (SSSR count). The number of hydrogen-bond donors (Lipinski definition) is 0. The second-order valence-corrected chi connectivity index (χ2v) is 15.6. The number of aromatic nitrogens is 4. The Bertz CT molecular complexity index is 3510. The van der Waals surface area contributed by atoms with Crippen LogP contribution in [-0.4, -0.2) is 19.5 Å². The highest BCUT2D eigenvalue weighted by Gasteiger charge is 2.21. The van der Waals surface area contributed by atoms with Gasteiger partial charge in [-0.05, 0) is 88.0 Å². The second kappa shape index (κ2) is 14.7. The van der Waals surface area contributed by atoms with E-state index in [1.807, 2.05) is 18.2 Å². The summed E-state index contributed by atoms with van der Waals surface area (Å²) in [4.78, 5) is 15.5. The molecule has 0 amide bonds. The third kappa shape index (κ3) is 6.14. The first-order valence-electron chi connectivity index (χ1n) is 20.8. The molecule has 5 heteroatoms. The van der Waals surface area contributed by atoms with E-state index >= 15 is 0 Å². The molecule has 0 aliphatic carbocycles. The minimum Gasteiger partial charge on any atom is -0.454 e. The van der Waals surface area contributed by atoms with Crippen LogP contribution in [0.25, 0.3) is 117 Å². The van der Waals surface area contributed by atoms with E-state index in [-0.39, 0.29) is 0 Å². The molecule has 3 heterocycles. The van der Waals surface area contributed by atoms with Gasteiger partial charge in [0, 0.05) is 43.9 Å². The maximum absolute atomic E-state index is 6.86. The van der Waals surface area contributed by atoms with Gasteiger partial charge in [0.2, 0.25) is 0 Å². The largest absolute Gasteiger partial charge is 0.454 e. The molecule has 5 nitrogen and oxygen atoms in total. The first-order valence-corrected chi connectivity index (χ1v) is 20.8. The van der Waals surface area contributed by atoms with Crippen LogP contribution in [0.1, 0.15) is 0 Å². The van der Waals surface area contributed by atoms with Crippen LogP contribution in [0.4, 0.5) is 0 Å². The van der Waals surface area contributed by atoms with Gasteiger partial charge in [-0.2, -0.15) is 0 Å². The van der Waals surface area contributed by atoms with E-state index in [0.29, 0.717) is 17.5 Å². The smallest absolute Gasteiger partial charge is 0.164 e. The van der Waals surface area contributed by atoms with Crippen molar-refractivity contribution in [2.24, 2.45) is 0 Å². The van der Waals surface area contributed by atoms with Gasteiger partial charge in [-0.3, -0.25) is 0 Å². The highest BCUT2D eigenvalue weighted by Crippen LogP contribution is 2.41. The van der Waals surface area contributed by atoms with Gasteiger partial charge in [-0.25, -0.2) is 15.0 Å². The molecule has 0 atom stereocenters. The zero-order valence-corrected chi connectivity index (χ0v) is 33.5. The quantitative estimate of drug-likeness (QED) is 0.161. The summed E-state index contributed by atoms with van der Waals surface area (Å²) in [5.41, 5.74) is 14.4. The minimum absolute atomic E-state index is 0.588. The van der Waals surface area contributed by atoms with E-state index in [1.165, 1.54) is 16.5 Å². The van der Waals surface area contributed by atoms with Crippen molar-refractivity contribution in [3.63, 3.8) is 0 Å². The Hall–Kier alpha value is -8.41. The Balaban J connectivity index is 1.03. The van der Waals surface area contributed by atoms with Crippen molar-refractivity contribution in [2.45, 2.75) is 0 Å². The van der Waals surface area contributed by atoms with Gasteiger partial charge in [-0.1, -0.05) is 164 Å². The van der Waals surface area contributed by atoms with Crippen LogP contribution in [0.2, 0.25) is 0 Å². The molecule has 0 spiro atoms. The van der Waals surface area contributed by atoms with Crippen molar-refractivity contribution in [2.75, 3.05) is 0 Å². The summed E-state index contributed by atoms with van der Waals surface area (Å²) >= 11 is 0. The van der Waals surface area contributed by atoms with Crippen molar-refractivity contribution in [1.82, 2.24) is 19.5 Å². The molecular formula is C57H36N4O. The fourth-order valence-electron chi connectivity index (χ4n) is 8.82. The lowest BCUT2D eigenvalue weighted by atomic mass is 10.0. The summed E-state index contributed by atoms with van der Waals surface area (Å²) in [6.45, 7) is 0. The number of furan rings is 1. The molecule has 0 saturated heterocycles. The summed E-state index contributed by atoms with van der Waals surface area (Å²) in [5, 5.41) is 4.34. The lowest BCUT2D eigenvalue weighted by molar-refractivity contribution is 0.671.